The molecular weight excluding hydrogens is 114 g/mol. The molecule has 0 aliphatic rings. The molecule has 0 aliphatic heterocycles. The van der Waals surface area contributed by atoms with Crippen molar-refractivity contribution in [2.24, 2.45) is 11.7 Å². The van der Waals surface area contributed by atoms with Crippen LogP contribution in [0, 0.1) is 5.92 Å². The minimum atomic E-state index is 0.245. The zero-order valence-corrected chi connectivity index (χ0v) is 6.55. The van der Waals surface area contributed by atoms with Crippen molar-refractivity contribution >= 4 is 0 Å². The molecule has 0 radical (unpaired) electrons. The van der Waals surface area contributed by atoms with Gasteiger partial charge in [-0.2, -0.15) is 0 Å². The lowest BCUT2D eigenvalue weighted by Crippen LogP contribution is -2.28. The van der Waals surface area contributed by atoms with Gasteiger partial charge in [0.25, 0.3) is 0 Å². The van der Waals surface area contributed by atoms with Gasteiger partial charge in [0.05, 0.1) is 6.10 Å². The van der Waals surface area contributed by atoms with Crippen molar-refractivity contribution in [1.29, 1.82) is 0 Å². The van der Waals surface area contributed by atoms with Crippen LogP contribution in [0.4, 0.5) is 0 Å². The van der Waals surface area contributed by atoms with Gasteiger partial charge in [0.1, 0.15) is 0 Å². The fraction of sp³-hybridized carbons (Fsp3) is 1.00. The molecule has 0 saturated carbocycles. The first kappa shape index (κ1) is 8.92. The van der Waals surface area contributed by atoms with E-state index in [9.17, 15) is 0 Å². The Bertz CT molecular complexity index is 63.9. The standard InChI is InChI=1S/C7H17NO/c1-4-9-7(5-8)6(2)3/h6-7H,4-5,8H2,1-3H3/t7-/m0/s1. The molecule has 0 fully saturated rings. The second kappa shape index (κ2) is 4.77. The van der Waals surface area contributed by atoms with E-state index >= 15 is 0 Å². The minimum Gasteiger partial charge on any atom is -0.377 e. The number of nitrogens with two attached hydrogens (primary N) is 1. The van der Waals surface area contributed by atoms with Crippen molar-refractivity contribution < 1.29 is 4.74 Å². The maximum atomic E-state index is 5.43. The van der Waals surface area contributed by atoms with E-state index in [1.165, 1.54) is 0 Å². The third-order valence-corrected chi connectivity index (χ3v) is 1.36. The molecule has 0 saturated heterocycles. The van der Waals surface area contributed by atoms with Gasteiger partial charge in [-0.05, 0) is 12.8 Å². The van der Waals surface area contributed by atoms with Gasteiger partial charge in [0.15, 0.2) is 0 Å². The second-order valence-corrected chi connectivity index (χ2v) is 2.47. The second-order valence-electron chi connectivity index (χ2n) is 2.47. The van der Waals surface area contributed by atoms with Crippen molar-refractivity contribution in [1.82, 2.24) is 0 Å². The zero-order valence-electron chi connectivity index (χ0n) is 6.55. The van der Waals surface area contributed by atoms with E-state index in [1.54, 1.807) is 0 Å². The third-order valence-electron chi connectivity index (χ3n) is 1.36. The van der Waals surface area contributed by atoms with Crippen molar-refractivity contribution in [2.75, 3.05) is 13.2 Å². The van der Waals surface area contributed by atoms with Crippen molar-refractivity contribution in [3.8, 4) is 0 Å². The SMILES string of the molecule is CCO[C@@H](CN)C(C)C. The van der Waals surface area contributed by atoms with Gasteiger partial charge in [-0.1, -0.05) is 13.8 Å². The van der Waals surface area contributed by atoms with E-state index in [0.29, 0.717) is 12.5 Å². The molecule has 0 heterocycles. The van der Waals surface area contributed by atoms with Crippen LogP contribution in [0.5, 0.6) is 0 Å². The minimum absolute atomic E-state index is 0.245. The fourth-order valence-corrected chi connectivity index (χ4v) is 0.747. The molecule has 1 atom stereocenters. The maximum Gasteiger partial charge on any atom is 0.0719 e. The van der Waals surface area contributed by atoms with E-state index in [-0.39, 0.29) is 6.10 Å². The van der Waals surface area contributed by atoms with E-state index < -0.39 is 0 Å². The van der Waals surface area contributed by atoms with Crippen LogP contribution in [0.25, 0.3) is 0 Å². The first-order chi connectivity index (χ1) is 4.22. The van der Waals surface area contributed by atoms with Gasteiger partial charge in [0, 0.05) is 13.2 Å². The van der Waals surface area contributed by atoms with Gasteiger partial charge in [-0.25, -0.2) is 0 Å². The molecule has 0 unspecified atom stereocenters. The van der Waals surface area contributed by atoms with Crippen LogP contribution in [0.15, 0.2) is 0 Å². The maximum absolute atomic E-state index is 5.43. The number of ether oxygens (including phenoxy) is 1. The molecule has 9 heavy (non-hydrogen) atoms. The Balaban J connectivity index is 3.41. The molecule has 2 nitrogen and oxygen atoms in total. The van der Waals surface area contributed by atoms with Crippen LogP contribution in [0.2, 0.25) is 0 Å². The van der Waals surface area contributed by atoms with Crippen LogP contribution in [-0.2, 0) is 4.74 Å². The van der Waals surface area contributed by atoms with Crippen molar-refractivity contribution in [3.05, 3.63) is 0 Å². The largest absolute Gasteiger partial charge is 0.377 e. The van der Waals surface area contributed by atoms with Crippen LogP contribution in [-0.4, -0.2) is 19.3 Å². The first-order valence-corrected chi connectivity index (χ1v) is 3.54. The van der Waals surface area contributed by atoms with Gasteiger partial charge in [-0.3, -0.25) is 0 Å². The molecule has 0 aromatic carbocycles. The molecule has 2 heteroatoms. The van der Waals surface area contributed by atoms with Crippen LogP contribution in [0.1, 0.15) is 20.8 Å². The van der Waals surface area contributed by atoms with Gasteiger partial charge in [0.2, 0.25) is 0 Å². The van der Waals surface area contributed by atoms with E-state index in [4.69, 9.17) is 10.5 Å². The third kappa shape index (κ3) is 3.49. The van der Waals surface area contributed by atoms with E-state index in [0.717, 1.165) is 6.61 Å². The smallest absolute Gasteiger partial charge is 0.0719 e. The summed E-state index contributed by atoms with van der Waals surface area (Å²) in [5, 5.41) is 0. The molecule has 0 aromatic rings. The lowest BCUT2D eigenvalue weighted by atomic mass is 10.1. The summed E-state index contributed by atoms with van der Waals surface area (Å²) in [5.74, 6) is 0.537. The van der Waals surface area contributed by atoms with Crippen molar-refractivity contribution in [3.63, 3.8) is 0 Å². The summed E-state index contributed by atoms with van der Waals surface area (Å²) in [4.78, 5) is 0. The highest BCUT2D eigenvalue weighted by Gasteiger charge is 2.09. The molecule has 0 amide bonds. The molecule has 0 bridgehead atoms. The Morgan fingerprint density at radius 2 is 2.00 bits per heavy atom. The number of rotatable bonds is 4. The lowest BCUT2D eigenvalue weighted by molar-refractivity contribution is 0.0371. The van der Waals surface area contributed by atoms with Gasteiger partial charge < -0.3 is 10.5 Å². The molecule has 56 valence electrons. The summed E-state index contributed by atoms with van der Waals surface area (Å²) < 4.78 is 5.33. The highest BCUT2D eigenvalue weighted by Crippen LogP contribution is 2.03. The predicted molar refractivity (Wildman–Crippen MR) is 39.3 cm³/mol. The quantitative estimate of drug-likeness (QED) is 0.618. The summed E-state index contributed by atoms with van der Waals surface area (Å²) >= 11 is 0. The van der Waals surface area contributed by atoms with Gasteiger partial charge >= 0.3 is 0 Å². The Kier molecular flexibility index (Phi) is 4.72. The molecule has 0 aliphatic carbocycles. The molecule has 0 aromatic heterocycles. The highest BCUT2D eigenvalue weighted by atomic mass is 16.5. The fourth-order valence-electron chi connectivity index (χ4n) is 0.747. The summed E-state index contributed by atoms with van der Waals surface area (Å²) in [6, 6.07) is 0. The van der Waals surface area contributed by atoms with E-state index in [2.05, 4.69) is 13.8 Å². The number of hydrogen-bond acceptors (Lipinski definition) is 2. The molecule has 0 rings (SSSR count). The molecule has 2 N–H and O–H groups in total. The topological polar surface area (TPSA) is 35.2 Å². The molecule has 0 spiro atoms. The lowest BCUT2D eigenvalue weighted by Gasteiger charge is -2.17. The van der Waals surface area contributed by atoms with Crippen LogP contribution in [0.3, 0.4) is 0 Å². The Morgan fingerprint density at radius 1 is 1.44 bits per heavy atom. The summed E-state index contributed by atoms with van der Waals surface area (Å²) in [7, 11) is 0. The van der Waals surface area contributed by atoms with Gasteiger partial charge in [-0.15, -0.1) is 0 Å². The average molecular weight is 131 g/mol. The van der Waals surface area contributed by atoms with E-state index in [1.807, 2.05) is 6.92 Å². The Labute approximate surface area is 57.4 Å². The number of hydrogen-bond donors (Lipinski definition) is 1. The average Bonchev–Trinajstić information content (AvgIpc) is 1.82. The normalized spacial score (nSPS) is 14.3. The van der Waals surface area contributed by atoms with Crippen molar-refractivity contribution in [2.45, 2.75) is 26.9 Å². The van der Waals surface area contributed by atoms with Crippen LogP contribution >= 0.6 is 0 Å². The highest BCUT2D eigenvalue weighted by molar-refractivity contribution is 4.61. The summed E-state index contributed by atoms with van der Waals surface area (Å²) in [5.41, 5.74) is 5.43. The Morgan fingerprint density at radius 3 is 2.11 bits per heavy atom. The van der Waals surface area contributed by atoms with Crippen LogP contribution < -0.4 is 5.73 Å². The monoisotopic (exact) mass is 131 g/mol. The Hall–Kier alpha value is -0.0800. The summed E-state index contributed by atoms with van der Waals surface area (Å²) in [6.07, 6.45) is 0.245. The summed E-state index contributed by atoms with van der Waals surface area (Å²) in [6.45, 7) is 7.62. The first-order valence-electron chi connectivity index (χ1n) is 3.54. The molecular formula is C7H17NO. The zero-order chi connectivity index (χ0) is 7.28. The predicted octanol–water partition coefficient (Wildman–Crippen LogP) is 1.01.